The highest BCUT2D eigenvalue weighted by Gasteiger charge is 2.13. The van der Waals surface area contributed by atoms with Crippen molar-refractivity contribution < 1.29 is 13.3 Å². The summed E-state index contributed by atoms with van der Waals surface area (Å²) in [4.78, 5) is 13.0. The van der Waals surface area contributed by atoms with E-state index in [1.165, 1.54) is 18.5 Å². The fraction of sp³-hybridized carbons (Fsp3) is 0.143. The molecule has 5 rings (SSSR count). The number of aromatic nitrogens is 4. The number of hydrogen-bond donors (Lipinski definition) is 1. The number of nitrogens with one attached hydrogen (secondary N) is 1. The molecule has 0 aliphatic carbocycles. The monoisotopic (exact) mass is 389 g/mol. The Kier molecular flexibility index (Phi) is 4.36. The number of halogens is 1. The van der Waals surface area contributed by atoms with E-state index in [0.29, 0.717) is 41.6 Å². The van der Waals surface area contributed by atoms with Gasteiger partial charge in [-0.1, -0.05) is 17.3 Å². The Bertz CT molecular complexity index is 1280. The molecular weight excluding hydrogens is 373 g/mol. The van der Waals surface area contributed by atoms with Crippen molar-refractivity contribution in [2.24, 2.45) is 0 Å². The van der Waals surface area contributed by atoms with Gasteiger partial charge >= 0.3 is 0 Å². The van der Waals surface area contributed by atoms with Crippen LogP contribution in [-0.2, 0) is 6.42 Å². The lowest BCUT2D eigenvalue weighted by atomic mass is 10.2. The van der Waals surface area contributed by atoms with Gasteiger partial charge in [-0.05, 0) is 42.8 Å². The fourth-order valence-corrected chi connectivity index (χ4v) is 3.17. The molecular formula is C21H16FN5O2. The summed E-state index contributed by atoms with van der Waals surface area (Å²) in [6.07, 6.45) is 2.89. The van der Waals surface area contributed by atoms with Gasteiger partial charge in [0, 0.05) is 23.9 Å². The molecule has 0 atom stereocenters. The lowest BCUT2D eigenvalue weighted by Gasteiger charge is -2.04. The number of nitrogens with zero attached hydrogens (tertiary/aromatic N) is 4. The van der Waals surface area contributed by atoms with Crippen LogP contribution in [0.5, 0.6) is 0 Å². The number of rotatable bonds is 6. The normalized spacial score (nSPS) is 11.3. The summed E-state index contributed by atoms with van der Waals surface area (Å²) in [5.74, 6) is 1.34. The van der Waals surface area contributed by atoms with E-state index in [1.807, 2.05) is 24.3 Å². The molecule has 29 heavy (non-hydrogen) atoms. The Hall–Kier alpha value is -3.81. The van der Waals surface area contributed by atoms with E-state index in [-0.39, 0.29) is 5.82 Å². The summed E-state index contributed by atoms with van der Waals surface area (Å²) in [6.45, 7) is 0.650. The highest BCUT2D eigenvalue weighted by Crippen LogP contribution is 2.30. The highest BCUT2D eigenvalue weighted by molar-refractivity contribution is 6.05. The maximum Gasteiger partial charge on any atom is 0.227 e. The minimum absolute atomic E-state index is 0.299. The summed E-state index contributed by atoms with van der Waals surface area (Å²) in [6, 6.07) is 13.8. The first-order valence-corrected chi connectivity index (χ1v) is 9.22. The van der Waals surface area contributed by atoms with E-state index in [0.717, 1.165) is 22.9 Å². The third-order valence-corrected chi connectivity index (χ3v) is 4.59. The molecule has 0 radical (unpaired) electrons. The summed E-state index contributed by atoms with van der Waals surface area (Å²) < 4.78 is 24.2. The SMILES string of the molecule is Fc1ccc(-c2noc(CCCNc3ncnc4c3oc3ccccc34)n2)cc1. The van der Waals surface area contributed by atoms with E-state index in [2.05, 4.69) is 25.4 Å². The molecule has 2 aromatic carbocycles. The molecule has 1 N–H and O–H groups in total. The van der Waals surface area contributed by atoms with Gasteiger partial charge in [-0.2, -0.15) is 4.98 Å². The predicted molar refractivity (Wildman–Crippen MR) is 106 cm³/mol. The topological polar surface area (TPSA) is 89.9 Å². The number of para-hydroxylation sites is 1. The number of fused-ring (bicyclic) bond motifs is 3. The maximum atomic E-state index is 13.0. The van der Waals surface area contributed by atoms with E-state index >= 15 is 0 Å². The molecule has 0 aliphatic rings. The summed E-state index contributed by atoms with van der Waals surface area (Å²) in [5, 5.41) is 8.21. The number of benzene rings is 2. The van der Waals surface area contributed by atoms with Crippen LogP contribution in [0.2, 0.25) is 0 Å². The minimum atomic E-state index is -0.299. The Balaban J connectivity index is 1.24. The minimum Gasteiger partial charge on any atom is -0.450 e. The third kappa shape index (κ3) is 3.40. The first kappa shape index (κ1) is 17.3. The second-order valence-electron chi connectivity index (χ2n) is 6.55. The van der Waals surface area contributed by atoms with Gasteiger partial charge < -0.3 is 14.3 Å². The molecule has 3 aromatic heterocycles. The van der Waals surface area contributed by atoms with Crippen molar-refractivity contribution in [1.82, 2.24) is 20.1 Å². The van der Waals surface area contributed by atoms with Crippen LogP contribution in [0.3, 0.4) is 0 Å². The van der Waals surface area contributed by atoms with Crippen LogP contribution < -0.4 is 5.32 Å². The van der Waals surface area contributed by atoms with Crippen molar-refractivity contribution in [3.63, 3.8) is 0 Å². The largest absolute Gasteiger partial charge is 0.450 e. The van der Waals surface area contributed by atoms with Crippen molar-refractivity contribution in [2.75, 3.05) is 11.9 Å². The fourth-order valence-electron chi connectivity index (χ4n) is 3.17. The Morgan fingerprint density at radius 1 is 1.00 bits per heavy atom. The maximum absolute atomic E-state index is 13.0. The molecule has 0 saturated carbocycles. The zero-order chi connectivity index (χ0) is 19.6. The standard InChI is InChI=1S/C21H16FN5O2/c22-14-9-7-13(8-10-14)20-26-17(29-27-20)6-3-11-23-21-19-18(24-12-25-21)15-4-1-2-5-16(15)28-19/h1-2,4-5,7-10,12H,3,6,11H2,(H,23,24,25). The summed E-state index contributed by atoms with van der Waals surface area (Å²) >= 11 is 0. The van der Waals surface area contributed by atoms with E-state index < -0.39 is 0 Å². The van der Waals surface area contributed by atoms with E-state index in [1.54, 1.807) is 12.1 Å². The third-order valence-electron chi connectivity index (χ3n) is 4.59. The van der Waals surface area contributed by atoms with Gasteiger partial charge in [0.1, 0.15) is 23.2 Å². The van der Waals surface area contributed by atoms with E-state index in [4.69, 9.17) is 8.94 Å². The molecule has 0 aliphatic heterocycles. The summed E-state index contributed by atoms with van der Waals surface area (Å²) in [7, 11) is 0. The van der Waals surface area contributed by atoms with Crippen LogP contribution in [-0.4, -0.2) is 26.7 Å². The summed E-state index contributed by atoms with van der Waals surface area (Å²) in [5.41, 5.74) is 2.93. The first-order valence-electron chi connectivity index (χ1n) is 9.22. The van der Waals surface area contributed by atoms with Crippen LogP contribution in [0.25, 0.3) is 33.5 Å². The molecule has 0 bridgehead atoms. The Labute approximate surface area is 164 Å². The Morgan fingerprint density at radius 2 is 1.86 bits per heavy atom. The van der Waals surface area contributed by atoms with E-state index in [9.17, 15) is 4.39 Å². The van der Waals surface area contributed by atoms with Gasteiger partial charge in [-0.3, -0.25) is 0 Å². The average Bonchev–Trinajstić information content (AvgIpc) is 3.37. The zero-order valence-corrected chi connectivity index (χ0v) is 15.3. The van der Waals surface area contributed by atoms with Crippen molar-refractivity contribution in [1.29, 1.82) is 0 Å². The van der Waals surface area contributed by atoms with Crippen LogP contribution in [0.15, 0.2) is 63.8 Å². The Morgan fingerprint density at radius 3 is 2.76 bits per heavy atom. The smallest absolute Gasteiger partial charge is 0.227 e. The number of aryl methyl sites for hydroxylation is 1. The quantitative estimate of drug-likeness (QED) is 0.424. The van der Waals surface area contributed by atoms with Crippen molar-refractivity contribution >= 4 is 27.9 Å². The second-order valence-corrected chi connectivity index (χ2v) is 6.55. The predicted octanol–water partition coefficient (Wildman–Crippen LogP) is 4.61. The van der Waals surface area contributed by atoms with Crippen LogP contribution in [0, 0.1) is 5.82 Å². The van der Waals surface area contributed by atoms with Crippen LogP contribution in [0.1, 0.15) is 12.3 Å². The first-order chi connectivity index (χ1) is 14.3. The average molecular weight is 389 g/mol. The highest BCUT2D eigenvalue weighted by atomic mass is 19.1. The second kappa shape index (κ2) is 7.31. The van der Waals surface area contributed by atoms with Crippen molar-refractivity contribution in [3.8, 4) is 11.4 Å². The molecule has 144 valence electrons. The molecule has 8 heteroatoms. The van der Waals surface area contributed by atoms with Gasteiger partial charge in [0.25, 0.3) is 0 Å². The van der Waals surface area contributed by atoms with Gasteiger partial charge in [0.2, 0.25) is 11.7 Å². The van der Waals surface area contributed by atoms with Crippen LogP contribution in [0.4, 0.5) is 10.2 Å². The molecule has 0 amide bonds. The lowest BCUT2D eigenvalue weighted by Crippen LogP contribution is -2.05. The molecule has 5 aromatic rings. The van der Waals surface area contributed by atoms with Gasteiger partial charge in [0.05, 0.1) is 0 Å². The molecule has 7 nitrogen and oxygen atoms in total. The number of anilines is 1. The zero-order valence-electron chi connectivity index (χ0n) is 15.3. The molecule has 0 spiro atoms. The van der Waals surface area contributed by atoms with Gasteiger partial charge in [-0.15, -0.1) is 0 Å². The molecule has 3 heterocycles. The van der Waals surface area contributed by atoms with Gasteiger partial charge in [-0.25, -0.2) is 14.4 Å². The van der Waals surface area contributed by atoms with Crippen molar-refractivity contribution in [3.05, 3.63) is 66.6 Å². The lowest BCUT2D eigenvalue weighted by molar-refractivity contribution is 0.377. The van der Waals surface area contributed by atoms with Crippen LogP contribution >= 0.6 is 0 Å². The molecule has 0 fully saturated rings. The van der Waals surface area contributed by atoms with Gasteiger partial charge in [0.15, 0.2) is 11.4 Å². The molecule has 0 unspecified atom stereocenters. The van der Waals surface area contributed by atoms with Crippen molar-refractivity contribution in [2.45, 2.75) is 12.8 Å². The number of hydrogen-bond acceptors (Lipinski definition) is 7. The number of furan rings is 1. The molecule has 0 saturated heterocycles.